The summed E-state index contributed by atoms with van der Waals surface area (Å²) >= 11 is 0. The summed E-state index contributed by atoms with van der Waals surface area (Å²) in [6.07, 6.45) is 0. The van der Waals surface area contributed by atoms with E-state index >= 15 is 0 Å². The Morgan fingerprint density at radius 2 is 1.19 bits per heavy atom. The Kier molecular flexibility index (Phi) is 4.74. The molecule has 2 aromatic rings. The molecule has 2 rings (SSSR count). The van der Waals surface area contributed by atoms with Crippen molar-refractivity contribution >= 4 is 7.60 Å². The maximum Gasteiger partial charge on any atom is 0.433 e. The van der Waals surface area contributed by atoms with E-state index in [1.54, 1.807) is 0 Å². The van der Waals surface area contributed by atoms with Crippen molar-refractivity contribution in [3.05, 3.63) is 59.7 Å². The minimum atomic E-state index is -3.29. The Labute approximate surface area is 126 Å². The van der Waals surface area contributed by atoms with E-state index in [1.165, 1.54) is 0 Å². The van der Waals surface area contributed by atoms with Gasteiger partial charge in [0.2, 0.25) is 0 Å². The maximum absolute atomic E-state index is 13.1. The zero-order valence-electron chi connectivity index (χ0n) is 12.9. The standard InChI is InChI=1S/C17H21O3P/c1-13(2)21(18,19-16-11-7-5-9-14(16)3)20-17-12-8-6-10-15(17)4/h5-13H,1-4H3. The predicted molar refractivity (Wildman–Crippen MR) is 86.4 cm³/mol. The third-order valence-electron chi connectivity index (χ3n) is 3.27. The van der Waals surface area contributed by atoms with E-state index in [0.29, 0.717) is 11.5 Å². The van der Waals surface area contributed by atoms with Gasteiger partial charge in [0.05, 0.1) is 5.66 Å². The summed E-state index contributed by atoms with van der Waals surface area (Å²) in [5.41, 5.74) is 1.63. The first-order valence-electron chi connectivity index (χ1n) is 7.02. The molecule has 0 fully saturated rings. The molecule has 0 aliphatic carbocycles. The van der Waals surface area contributed by atoms with Crippen LogP contribution in [0.2, 0.25) is 0 Å². The lowest BCUT2D eigenvalue weighted by Gasteiger charge is -2.24. The SMILES string of the molecule is Cc1ccccc1OP(=O)(Oc1ccccc1C)C(C)C. The van der Waals surface area contributed by atoms with Crippen LogP contribution in [0.5, 0.6) is 11.5 Å². The first-order chi connectivity index (χ1) is 9.92. The predicted octanol–water partition coefficient (Wildman–Crippen LogP) is 5.36. The molecule has 0 saturated carbocycles. The van der Waals surface area contributed by atoms with E-state index in [4.69, 9.17) is 9.05 Å². The van der Waals surface area contributed by atoms with E-state index in [0.717, 1.165) is 11.1 Å². The monoisotopic (exact) mass is 304 g/mol. The second-order valence-electron chi connectivity index (χ2n) is 5.35. The van der Waals surface area contributed by atoms with E-state index in [-0.39, 0.29) is 5.66 Å². The normalized spacial score (nSPS) is 11.5. The van der Waals surface area contributed by atoms with E-state index in [9.17, 15) is 4.57 Å². The van der Waals surface area contributed by atoms with E-state index in [1.807, 2.05) is 76.2 Å². The Morgan fingerprint density at radius 1 is 0.810 bits per heavy atom. The molecule has 0 saturated heterocycles. The minimum Gasteiger partial charge on any atom is -0.416 e. The molecule has 0 aliphatic heterocycles. The van der Waals surface area contributed by atoms with Gasteiger partial charge in [-0.15, -0.1) is 0 Å². The summed E-state index contributed by atoms with van der Waals surface area (Å²) < 4.78 is 24.7. The highest BCUT2D eigenvalue weighted by atomic mass is 31.2. The van der Waals surface area contributed by atoms with Gasteiger partial charge in [-0.05, 0) is 51.0 Å². The molecule has 0 amide bonds. The summed E-state index contributed by atoms with van der Waals surface area (Å²) in [4.78, 5) is 0. The summed E-state index contributed by atoms with van der Waals surface area (Å²) in [6, 6.07) is 15.0. The second kappa shape index (κ2) is 6.36. The molecule has 2 aromatic carbocycles. The van der Waals surface area contributed by atoms with Crippen LogP contribution in [0.15, 0.2) is 48.5 Å². The fourth-order valence-electron chi connectivity index (χ4n) is 1.82. The fraction of sp³-hybridized carbons (Fsp3) is 0.294. The van der Waals surface area contributed by atoms with Crippen LogP contribution >= 0.6 is 7.60 Å². The molecule has 4 heteroatoms. The summed E-state index contributed by atoms with van der Waals surface area (Å²) in [7, 11) is -3.29. The second-order valence-corrected chi connectivity index (χ2v) is 7.82. The Balaban J connectivity index is 2.32. The maximum atomic E-state index is 13.1. The zero-order valence-corrected chi connectivity index (χ0v) is 13.8. The first kappa shape index (κ1) is 15.7. The van der Waals surface area contributed by atoms with Crippen molar-refractivity contribution in [2.75, 3.05) is 0 Å². The molecule has 0 spiro atoms. The number of aryl methyl sites for hydroxylation is 2. The molecule has 0 unspecified atom stereocenters. The van der Waals surface area contributed by atoms with Crippen LogP contribution < -0.4 is 9.05 Å². The summed E-state index contributed by atoms with van der Waals surface area (Å²) in [6.45, 7) is 7.54. The molecule has 3 nitrogen and oxygen atoms in total. The quantitative estimate of drug-likeness (QED) is 0.697. The van der Waals surface area contributed by atoms with Crippen molar-refractivity contribution in [2.24, 2.45) is 0 Å². The van der Waals surface area contributed by atoms with Crippen molar-refractivity contribution < 1.29 is 13.6 Å². The zero-order chi connectivity index (χ0) is 15.5. The Bertz CT molecular complexity index is 613. The van der Waals surface area contributed by atoms with Crippen molar-refractivity contribution in [3.63, 3.8) is 0 Å². The van der Waals surface area contributed by atoms with Crippen LogP contribution in [-0.4, -0.2) is 5.66 Å². The molecule has 0 heterocycles. The van der Waals surface area contributed by atoms with Gasteiger partial charge >= 0.3 is 7.60 Å². The van der Waals surface area contributed by atoms with E-state index < -0.39 is 7.60 Å². The molecule has 0 bridgehead atoms. The molecular weight excluding hydrogens is 283 g/mol. The van der Waals surface area contributed by atoms with Crippen LogP contribution in [0.25, 0.3) is 0 Å². The van der Waals surface area contributed by atoms with Crippen LogP contribution in [-0.2, 0) is 4.57 Å². The molecule has 0 N–H and O–H groups in total. The van der Waals surface area contributed by atoms with Crippen molar-refractivity contribution in [1.29, 1.82) is 0 Å². The fourth-order valence-corrected chi connectivity index (χ4v) is 3.24. The van der Waals surface area contributed by atoms with Gasteiger partial charge < -0.3 is 9.05 Å². The van der Waals surface area contributed by atoms with Gasteiger partial charge in [0, 0.05) is 0 Å². The number of benzene rings is 2. The van der Waals surface area contributed by atoms with Crippen molar-refractivity contribution in [1.82, 2.24) is 0 Å². The average Bonchev–Trinajstić information content (AvgIpc) is 2.44. The number of hydrogen-bond donors (Lipinski definition) is 0. The van der Waals surface area contributed by atoms with Gasteiger partial charge in [0.15, 0.2) is 0 Å². The molecule has 0 aliphatic rings. The number of rotatable bonds is 5. The van der Waals surface area contributed by atoms with Gasteiger partial charge in [-0.1, -0.05) is 36.4 Å². The molecular formula is C17H21O3P. The highest BCUT2D eigenvalue weighted by Crippen LogP contribution is 2.53. The summed E-state index contributed by atoms with van der Waals surface area (Å²) in [5, 5.41) is 0. The molecule has 0 atom stereocenters. The lowest BCUT2D eigenvalue weighted by atomic mass is 10.2. The molecule has 21 heavy (non-hydrogen) atoms. The van der Waals surface area contributed by atoms with Crippen LogP contribution in [0.1, 0.15) is 25.0 Å². The van der Waals surface area contributed by atoms with Crippen molar-refractivity contribution in [3.8, 4) is 11.5 Å². The minimum absolute atomic E-state index is 0.239. The Morgan fingerprint density at radius 3 is 1.52 bits per heavy atom. The van der Waals surface area contributed by atoms with E-state index in [2.05, 4.69) is 0 Å². The van der Waals surface area contributed by atoms with Crippen LogP contribution in [0, 0.1) is 13.8 Å². The largest absolute Gasteiger partial charge is 0.433 e. The highest BCUT2D eigenvalue weighted by molar-refractivity contribution is 7.55. The van der Waals surface area contributed by atoms with Gasteiger partial charge in [-0.3, -0.25) is 0 Å². The summed E-state index contributed by atoms with van der Waals surface area (Å²) in [5.74, 6) is 1.20. The van der Waals surface area contributed by atoms with Crippen LogP contribution in [0.4, 0.5) is 0 Å². The Hall–Kier alpha value is -1.73. The number of hydrogen-bond acceptors (Lipinski definition) is 3. The topological polar surface area (TPSA) is 35.5 Å². The van der Waals surface area contributed by atoms with Crippen molar-refractivity contribution in [2.45, 2.75) is 33.4 Å². The van der Waals surface area contributed by atoms with Gasteiger partial charge in [0.25, 0.3) is 0 Å². The number of para-hydroxylation sites is 2. The lowest BCUT2D eigenvalue weighted by molar-refractivity contribution is 0.374. The smallest absolute Gasteiger partial charge is 0.416 e. The molecule has 112 valence electrons. The highest BCUT2D eigenvalue weighted by Gasteiger charge is 2.33. The first-order valence-corrected chi connectivity index (χ1v) is 8.64. The van der Waals surface area contributed by atoms with Gasteiger partial charge in [-0.25, -0.2) is 4.57 Å². The average molecular weight is 304 g/mol. The van der Waals surface area contributed by atoms with Gasteiger partial charge in [0.1, 0.15) is 11.5 Å². The molecule has 0 radical (unpaired) electrons. The van der Waals surface area contributed by atoms with Crippen LogP contribution in [0.3, 0.4) is 0 Å². The third kappa shape index (κ3) is 3.68. The third-order valence-corrected chi connectivity index (χ3v) is 5.44. The molecule has 0 aromatic heterocycles. The van der Waals surface area contributed by atoms with Gasteiger partial charge in [-0.2, -0.15) is 0 Å². The lowest BCUT2D eigenvalue weighted by Crippen LogP contribution is -2.11.